The molecule has 0 radical (unpaired) electrons. The molecule has 5 heteroatoms. The summed E-state index contributed by atoms with van der Waals surface area (Å²) < 4.78 is 7.47. The molecular weight excluding hydrogens is 240 g/mol. The summed E-state index contributed by atoms with van der Waals surface area (Å²) in [6.45, 7) is 4.21. The smallest absolute Gasteiger partial charge is 0.0842 e. The lowest BCUT2D eigenvalue weighted by Gasteiger charge is -2.19. The Morgan fingerprint density at radius 3 is 3.11 bits per heavy atom. The summed E-state index contributed by atoms with van der Waals surface area (Å²) in [6, 6.07) is 0.487. The zero-order chi connectivity index (χ0) is 13.5. The van der Waals surface area contributed by atoms with E-state index in [0.717, 1.165) is 44.5 Å². The monoisotopic (exact) mass is 266 g/mol. The fourth-order valence-corrected chi connectivity index (χ4v) is 2.63. The predicted octanol–water partition coefficient (Wildman–Crippen LogP) is 1.68. The van der Waals surface area contributed by atoms with E-state index >= 15 is 0 Å². The SMILES string of the molecule is CCCNC(CCC1CCCO1)Cc1cn(C)nn1. The van der Waals surface area contributed by atoms with Crippen LogP contribution in [0, 0.1) is 0 Å². The van der Waals surface area contributed by atoms with Gasteiger partial charge in [-0.15, -0.1) is 5.10 Å². The molecule has 0 aliphatic carbocycles. The molecule has 1 saturated heterocycles. The maximum absolute atomic E-state index is 5.70. The van der Waals surface area contributed by atoms with Gasteiger partial charge in [0.2, 0.25) is 0 Å². The van der Waals surface area contributed by atoms with Crippen molar-refractivity contribution in [3.8, 4) is 0 Å². The van der Waals surface area contributed by atoms with Crippen molar-refractivity contribution in [3.63, 3.8) is 0 Å². The average molecular weight is 266 g/mol. The Bertz CT molecular complexity index is 360. The van der Waals surface area contributed by atoms with Crippen LogP contribution >= 0.6 is 0 Å². The fourth-order valence-electron chi connectivity index (χ4n) is 2.63. The van der Waals surface area contributed by atoms with Gasteiger partial charge in [0.15, 0.2) is 0 Å². The molecule has 108 valence electrons. The van der Waals surface area contributed by atoms with Gasteiger partial charge in [-0.05, 0) is 38.6 Å². The molecule has 1 aromatic rings. The summed E-state index contributed by atoms with van der Waals surface area (Å²) in [6.07, 6.45) is 9.37. The summed E-state index contributed by atoms with van der Waals surface area (Å²) in [5.41, 5.74) is 1.07. The minimum Gasteiger partial charge on any atom is -0.378 e. The van der Waals surface area contributed by atoms with E-state index in [9.17, 15) is 0 Å². The maximum Gasteiger partial charge on any atom is 0.0842 e. The van der Waals surface area contributed by atoms with Crippen LogP contribution in [0.1, 0.15) is 44.7 Å². The molecule has 2 rings (SSSR count). The van der Waals surface area contributed by atoms with Crippen LogP contribution in [-0.2, 0) is 18.2 Å². The van der Waals surface area contributed by atoms with Gasteiger partial charge in [-0.2, -0.15) is 0 Å². The summed E-state index contributed by atoms with van der Waals surface area (Å²) in [5.74, 6) is 0. The third kappa shape index (κ3) is 4.91. The summed E-state index contributed by atoms with van der Waals surface area (Å²) >= 11 is 0. The third-order valence-electron chi connectivity index (χ3n) is 3.65. The van der Waals surface area contributed by atoms with Gasteiger partial charge in [-0.3, -0.25) is 4.68 Å². The van der Waals surface area contributed by atoms with Crippen LogP contribution < -0.4 is 5.32 Å². The first kappa shape index (κ1) is 14.5. The van der Waals surface area contributed by atoms with E-state index in [1.807, 2.05) is 13.2 Å². The molecule has 0 aromatic carbocycles. The second-order valence-corrected chi connectivity index (χ2v) is 5.45. The van der Waals surface area contributed by atoms with Gasteiger partial charge in [0.25, 0.3) is 0 Å². The summed E-state index contributed by atoms with van der Waals surface area (Å²) in [5, 5.41) is 11.8. The molecule has 0 amide bonds. The number of aromatic nitrogens is 3. The van der Waals surface area contributed by atoms with Crippen molar-refractivity contribution in [2.75, 3.05) is 13.2 Å². The number of nitrogens with zero attached hydrogens (tertiary/aromatic N) is 3. The van der Waals surface area contributed by atoms with E-state index in [-0.39, 0.29) is 0 Å². The van der Waals surface area contributed by atoms with Crippen LogP contribution in [0.25, 0.3) is 0 Å². The number of hydrogen-bond donors (Lipinski definition) is 1. The van der Waals surface area contributed by atoms with E-state index < -0.39 is 0 Å². The largest absolute Gasteiger partial charge is 0.378 e. The van der Waals surface area contributed by atoms with E-state index in [1.54, 1.807) is 4.68 Å². The van der Waals surface area contributed by atoms with Crippen molar-refractivity contribution in [2.24, 2.45) is 7.05 Å². The van der Waals surface area contributed by atoms with E-state index in [2.05, 4.69) is 22.6 Å². The molecule has 0 saturated carbocycles. The summed E-state index contributed by atoms with van der Waals surface area (Å²) in [4.78, 5) is 0. The second kappa shape index (κ2) is 7.60. The van der Waals surface area contributed by atoms with Crippen molar-refractivity contribution < 1.29 is 4.74 Å². The number of nitrogens with one attached hydrogen (secondary N) is 1. The van der Waals surface area contributed by atoms with Crippen LogP contribution in [0.4, 0.5) is 0 Å². The van der Waals surface area contributed by atoms with Crippen LogP contribution in [0.15, 0.2) is 6.20 Å². The maximum atomic E-state index is 5.70. The molecule has 1 aromatic heterocycles. The van der Waals surface area contributed by atoms with E-state index in [4.69, 9.17) is 4.74 Å². The Labute approximate surface area is 115 Å². The first-order valence-corrected chi connectivity index (χ1v) is 7.48. The summed E-state index contributed by atoms with van der Waals surface area (Å²) in [7, 11) is 1.91. The predicted molar refractivity (Wildman–Crippen MR) is 75.0 cm³/mol. The standard InChI is InChI=1S/C14H26N4O/c1-3-8-15-12(6-7-14-5-4-9-19-14)10-13-11-18(2)17-16-13/h11-12,14-15H,3-10H2,1-2H3. The first-order chi connectivity index (χ1) is 9.28. The van der Waals surface area contributed by atoms with Crippen molar-refractivity contribution in [3.05, 3.63) is 11.9 Å². The number of rotatable bonds is 8. The minimum absolute atomic E-state index is 0.479. The quantitative estimate of drug-likeness (QED) is 0.778. The average Bonchev–Trinajstić information content (AvgIpc) is 3.04. The van der Waals surface area contributed by atoms with Gasteiger partial charge >= 0.3 is 0 Å². The molecule has 0 bridgehead atoms. The zero-order valence-electron chi connectivity index (χ0n) is 12.1. The van der Waals surface area contributed by atoms with Gasteiger partial charge < -0.3 is 10.1 Å². The zero-order valence-corrected chi connectivity index (χ0v) is 12.1. The molecule has 19 heavy (non-hydrogen) atoms. The van der Waals surface area contributed by atoms with Gasteiger partial charge in [-0.25, -0.2) is 0 Å². The molecule has 2 heterocycles. The Kier molecular flexibility index (Phi) is 5.79. The molecule has 2 atom stereocenters. The minimum atomic E-state index is 0.479. The number of hydrogen-bond acceptors (Lipinski definition) is 4. The van der Waals surface area contributed by atoms with E-state index in [1.165, 1.54) is 12.8 Å². The van der Waals surface area contributed by atoms with Crippen LogP contribution in [0.3, 0.4) is 0 Å². The Morgan fingerprint density at radius 2 is 2.47 bits per heavy atom. The highest BCUT2D eigenvalue weighted by molar-refractivity contribution is 4.96. The molecule has 1 aliphatic heterocycles. The van der Waals surface area contributed by atoms with Crippen LogP contribution in [0.2, 0.25) is 0 Å². The van der Waals surface area contributed by atoms with Crippen LogP contribution in [0.5, 0.6) is 0 Å². The van der Waals surface area contributed by atoms with Gasteiger partial charge in [0.1, 0.15) is 0 Å². The highest BCUT2D eigenvalue weighted by Gasteiger charge is 2.18. The molecule has 0 spiro atoms. The van der Waals surface area contributed by atoms with E-state index in [0.29, 0.717) is 12.1 Å². The molecule has 1 fully saturated rings. The normalized spacial score (nSPS) is 20.8. The highest BCUT2D eigenvalue weighted by Crippen LogP contribution is 2.18. The lowest BCUT2D eigenvalue weighted by molar-refractivity contribution is 0.0995. The Hall–Kier alpha value is -0.940. The molecule has 5 nitrogen and oxygen atoms in total. The van der Waals surface area contributed by atoms with Crippen molar-refractivity contribution >= 4 is 0 Å². The van der Waals surface area contributed by atoms with Crippen molar-refractivity contribution in [1.82, 2.24) is 20.3 Å². The van der Waals surface area contributed by atoms with Crippen molar-refractivity contribution in [1.29, 1.82) is 0 Å². The topological polar surface area (TPSA) is 52.0 Å². The lowest BCUT2D eigenvalue weighted by Crippen LogP contribution is -2.32. The van der Waals surface area contributed by atoms with Gasteiger partial charge in [0, 0.05) is 32.3 Å². The fraction of sp³-hybridized carbons (Fsp3) is 0.857. The van der Waals surface area contributed by atoms with Gasteiger partial charge in [-0.1, -0.05) is 12.1 Å². The number of ether oxygens (including phenoxy) is 1. The van der Waals surface area contributed by atoms with Gasteiger partial charge in [0.05, 0.1) is 11.8 Å². The Balaban J connectivity index is 1.79. The van der Waals surface area contributed by atoms with Crippen molar-refractivity contribution in [2.45, 2.75) is 57.6 Å². The lowest BCUT2D eigenvalue weighted by atomic mass is 10.0. The highest BCUT2D eigenvalue weighted by atomic mass is 16.5. The molecule has 2 unspecified atom stereocenters. The van der Waals surface area contributed by atoms with Crippen LogP contribution in [-0.4, -0.2) is 40.3 Å². The number of aryl methyl sites for hydroxylation is 1. The first-order valence-electron chi connectivity index (χ1n) is 7.48. The second-order valence-electron chi connectivity index (χ2n) is 5.45. The molecule has 1 aliphatic rings. The Morgan fingerprint density at radius 1 is 1.58 bits per heavy atom. The third-order valence-corrected chi connectivity index (χ3v) is 3.65. The molecular formula is C14H26N4O. The molecule has 1 N–H and O–H groups in total.